The van der Waals surface area contributed by atoms with Crippen LogP contribution in [0.25, 0.3) is 0 Å². The number of cyclic esters (lactones) is 1. The summed E-state index contributed by atoms with van der Waals surface area (Å²) in [5.41, 5.74) is 1.04. The van der Waals surface area contributed by atoms with E-state index in [-0.39, 0.29) is 12.2 Å². The molecule has 3 heteroatoms. The molecule has 12 heavy (non-hydrogen) atoms. The molecule has 1 aliphatic heterocycles. The SMILES string of the molecule is O=C1NC[C@H](c2ccccc2)O1. The van der Waals surface area contributed by atoms with Crippen LogP contribution in [-0.2, 0) is 4.74 Å². The Morgan fingerprint density at radius 3 is 2.67 bits per heavy atom. The number of carbonyl (C=O) groups is 1. The van der Waals surface area contributed by atoms with Gasteiger partial charge in [0.25, 0.3) is 0 Å². The van der Waals surface area contributed by atoms with Gasteiger partial charge in [0.2, 0.25) is 0 Å². The maximum atomic E-state index is 10.7. The molecule has 1 aromatic carbocycles. The van der Waals surface area contributed by atoms with Crippen molar-refractivity contribution in [2.45, 2.75) is 6.10 Å². The van der Waals surface area contributed by atoms with E-state index in [0.29, 0.717) is 6.54 Å². The highest BCUT2D eigenvalue weighted by Gasteiger charge is 2.23. The minimum absolute atomic E-state index is 0.112. The van der Waals surface area contributed by atoms with Gasteiger partial charge in [-0.25, -0.2) is 4.79 Å². The summed E-state index contributed by atoms with van der Waals surface area (Å²) in [4.78, 5) is 10.7. The minimum Gasteiger partial charge on any atom is -0.439 e. The lowest BCUT2D eigenvalue weighted by Gasteiger charge is -2.06. The molecule has 62 valence electrons. The molecule has 1 N–H and O–H groups in total. The Morgan fingerprint density at radius 2 is 2.08 bits per heavy atom. The van der Waals surface area contributed by atoms with Crippen LogP contribution in [-0.4, -0.2) is 12.6 Å². The number of amides is 1. The van der Waals surface area contributed by atoms with Crippen LogP contribution in [0.4, 0.5) is 4.79 Å². The quantitative estimate of drug-likeness (QED) is 0.680. The molecule has 1 aliphatic rings. The van der Waals surface area contributed by atoms with E-state index in [9.17, 15) is 4.79 Å². The number of nitrogens with one attached hydrogen (secondary N) is 1. The molecule has 0 aliphatic carbocycles. The fourth-order valence-electron chi connectivity index (χ4n) is 1.24. The van der Waals surface area contributed by atoms with Crippen LogP contribution in [0.3, 0.4) is 0 Å². The molecule has 1 amide bonds. The van der Waals surface area contributed by atoms with E-state index in [0.717, 1.165) is 5.56 Å². The highest BCUT2D eigenvalue weighted by atomic mass is 16.6. The van der Waals surface area contributed by atoms with Gasteiger partial charge in [-0.1, -0.05) is 30.3 Å². The molecule has 1 saturated heterocycles. The van der Waals surface area contributed by atoms with Gasteiger partial charge >= 0.3 is 6.09 Å². The van der Waals surface area contributed by atoms with Gasteiger partial charge in [-0.15, -0.1) is 0 Å². The first kappa shape index (κ1) is 7.16. The third kappa shape index (κ3) is 1.25. The average molecular weight is 163 g/mol. The highest BCUT2D eigenvalue weighted by molar-refractivity contribution is 5.69. The zero-order valence-electron chi connectivity index (χ0n) is 6.49. The average Bonchev–Trinajstić information content (AvgIpc) is 2.54. The van der Waals surface area contributed by atoms with E-state index in [4.69, 9.17) is 4.74 Å². The number of carbonyl (C=O) groups excluding carboxylic acids is 1. The van der Waals surface area contributed by atoms with Crippen LogP contribution in [0.5, 0.6) is 0 Å². The Labute approximate surface area is 70.3 Å². The van der Waals surface area contributed by atoms with Gasteiger partial charge < -0.3 is 10.1 Å². The van der Waals surface area contributed by atoms with E-state index >= 15 is 0 Å². The lowest BCUT2D eigenvalue weighted by atomic mass is 10.1. The smallest absolute Gasteiger partial charge is 0.407 e. The zero-order chi connectivity index (χ0) is 8.39. The van der Waals surface area contributed by atoms with Gasteiger partial charge in [-0.3, -0.25) is 0 Å². The van der Waals surface area contributed by atoms with Gasteiger partial charge in [0, 0.05) is 0 Å². The van der Waals surface area contributed by atoms with E-state index in [1.807, 2.05) is 30.3 Å². The number of ether oxygens (including phenoxy) is 1. The molecule has 0 spiro atoms. The number of benzene rings is 1. The van der Waals surface area contributed by atoms with Crippen molar-refractivity contribution in [2.75, 3.05) is 6.54 Å². The molecule has 0 saturated carbocycles. The second-order valence-electron chi connectivity index (χ2n) is 2.69. The first-order valence-corrected chi connectivity index (χ1v) is 3.86. The van der Waals surface area contributed by atoms with Crippen LogP contribution in [0, 0.1) is 0 Å². The van der Waals surface area contributed by atoms with Crippen LogP contribution in [0.15, 0.2) is 30.3 Å². The second kappa shape index (κ2) is 2.85. The molecule has 2 rings (SSSR count). The monoisotopic (exact) mass is 163 g/mol. The van der Waals surface area contributed by atoms with E-state index in [2.05, 4.69) is 5.32 Å². The zero-order valence-corrected chi connectivity index (χ0v) is 6.49. The van der Waals surface area contributed by atoms with Gasteiger partial charge in [-0.05, 0) is 5.56 Å². The summed E-state index contributed by atoms with van der Waals surface area (Å²) >= 11 is 0. The fourth-order valence-corrected chi connectivity index (χ4v) is 1.24. The maximum Gasteiger partial charge on any atom is 0.407 e. The van der Waals surface area contributed by atoms with Gasteiger partial charge in [0.05, 0.1) is 6.54 Å². The van der Waals surface area contributed by atoms with Crippen LogP contribution >= 0.6 is 0 Å². The summed E-state index contributed by atoms with van der Waals surface area (Å²) in [7, 11) is 0. The summed E-state index contributed by atoms with van der Waals surface area (Å²) in [5, 5.41) is 2.61. The number of rotatable bonds is 1. The molecular formula is C9H9NO2. The third-order valence-electron chi connectivity index (χ3n) is 1.85. The number of hydrogen-bond donors (Lipinski definition) is 1. The standard InChI is InChI=1S/C9H9NO2/c11-9-10-6-8(12-9)7-4-2-1-3-5-7/h1-5,8H,6H2,(H,10,11)/t8-/m1/s1. The maximum absolute atomic E-state index is 10.7. The lowest BCUT2D eigenvalue weighted by Crippen LogP contribution is -2.12. The summed E-state index contributed by atoms with van der Waals surface area (Å²) < 4.78 is 5.00. The summed E-state index contributed by atoms with van der Waals surface area (Å²) in [6.07, 6.45) is -0.442. The highest BCUT2D eigenvalue weighted by Crippen LogP contribution is 2.19. The Morgan fingerprint density at radius 1 is 1.33 bits per heavy atom. The van der Waals surface area contributed by atoms with E-state index < -0.39 is 0 Å². The molecular weight excluding hydrogens is 154 g/mol. The van der Waals surface area contributed by atoms with Crippen LogP contribution in [0.1, 0.15) is 11.7 Å². The summed E-state index contributed by atoms with van der Waals surface area (Å²) in [6, 6.07) is 9.70. The minimum atomic E-state index is -0.330. The molecule has 1 heterocycles. The Kier molecular flexibility index (Phi) is 1.70. The third-order valence-corrected chi connectivity index (χ3v) is 1.85. The predicted molar refractivity (Wildman–Crippen MR) is 43.7 cm³/mol. The summed E-state index contributed by atoms with van der Waals surface area (Å²) in [5.74, 6) is 0. The molecule has 3 nitrogen and oxygen atoms in total. The van der Waals surface area contributed by atoms with Crippen molar-refractivity contribution in [3.05, 3.63) is 35.9 Å². The van der Waals surface area contributed by atoms with Gasteiger partial charge in [0.15, 0.2) is 0 Å². The molecule has 1 fully saturated rings. The Balaban J connectivity index is 2.16. The van der Waals surface area contributed by atoms with E-state index in [1.54, 1.807) is 0 Å². The Bertz CT molecular complexity index is 284. The molecule has 0 aromatic heterocycles. The second-order valence-corrected chi connectivity index (χ2v) is 2.69. The molecule has 1 aromatic rings. The summed E-state index contributed by atoms with van der Waals surface area (Å²) in [6.45, 7) is 0.572. The molecule has 0 radical (unpaired) electrons. The lowest BCUT2D eigenvalue weighted by molar-refractivity contribution is 0.141. The van der Waals surface area contributed by atoms with Crippen LogP contribution < -0.4 is 5.32 Å². The van der Waals surface area contributed by atoms with Crippen molar-refractivity contribution in [1.82, 2.24) is 5.32 Å². The van der Waals surface area contributed by atoms with E-state index in [1.165, 1.54) is 0 Å². The molecule has 0 unspecified atom stereocenters. The van der Waals surface area contributed by atoms with Gasteiger partial charge in [-0.2, -0.15) is 0 Å². The first-order valence-electron chi connectivity index (χ1n) is 3.86. The van der Waals surface area contributed by atoms with Crippen molar-refractivity contribution < 1.29 is 9.53 Å². The van der Waals surface area contributed by atoms with Crippen LogP contribution in [0.2, 0.25) is 0 Å². The number of hydrogen-bond acceptors (Lipinski definition) is 2. The predicted octanol–water partition coefficient (Wildman–Crippen LogP) is 1.47. The Hall–Kier alpha value is -1.51. The van der Waals surface area contributed by atoms with Crippen molar-refractivity contribution in [3.63, 3.8) is 0 Å². The fraction of sp³-hybridized carbons (Fsp3) is 0.222. The van der Waals surface area contributed by atoms with Crippen molar-refractivity contribution in [1.29, 1.82) is 0 Å². The number of alkyl carbamates (subject to hydrolysis) is 1. The first-order chi connectivity index (χ1) is 5.86. The van der Waals surface area contributed by atoms with Crippen molar-refractivity contribution in [3.8, 4) is 0 Å². The molecule has 0 bridgehead atoms. The molecule has 1 atom stereocenters. The van der Waals surface area contributed by atoms with Crippen molar-refractivity contribution in [2.24, 2.45) is 0 Å². The normalized spacial score (nSPS) is 21.7. The van der Waals surface area contributed by atoms with Crippen molar-refractivity contribution >= 4 is 6.09 Å². The van der Waals surface area contributed by atoms with Gasteiger partial charge in [0.1, 0.15) is 6.10 Å². The largest absolute Gasteiger partial charge is 0.439 e. The topological polar surface area (TPSA) is 38.3 Å².